The number of ether oxygens (including phenoxy) is 1. The van der Waals surface area contributed by atoms with Gasteiger partial charge in [-0.05, 0) is 60.4 Å². The second kappa shape index (κ2) is 14.3. The van der Waals surface area contributed by atoms with Gasteiger partial charge in [0, 0.05) is 37.6 Å². The van der Waals surface area contributed by atoms with Crippen molar-refractivity contribution in [1.29, 1.82) is 0 Å². The molecule has 3 aromatic carbocycles. The van der Waals surface area contributed by atoms with E-state index in [0.717, 1.165) is 54.4 Å². The first kappa shape index (κ1) is 28.8. The molecule has 2 amide bonds. The van der Waals surface area contributed by atoms with E-state index in [1.807, 2.05) is 71.3 Å². The SMILES string of the molecule is NC(=O)c1cn(C[C@H](CCCn2ccc3ccc(NC(=O)CCCc4ccccc4)cc32)OCc2ccccc2)cn1. The molecule has 0 radical (unpaired) electrons. The molecule has 42 heavy (non-hydrogen) atoms. The fourth-order valence-corrected chi connectivity index (χ4v) is 5.11. The van der Waals surface area contributed by atoms with Crippen molar-refractivity contribution in [2.75, 3.05) is 5.32 Å². The van der Waals surface area contributed by atoms with Crippen molar-refractivity contribution in [3.63, 3.8) is 0 Å². The van der Waals surface area contributed by atoms with Gasteiger partial charge in [-0.3, -0.25) is 9.59 Å². The van der Waals surface area contributed by atoms with Gasteiger partial charge in [0.15, 0.2) is 0 Å². The van der Waals surface area contributed by atoms with Gasteiger partial charge in [-0.15, -0.1) is 0 Å². The predicted molar refractivity (Wildman–Crippen MR) is 165 cm³/mol. The van der Waals surface area contributed by atoms with Crippen molar-refractivity contribution in [3.8, 4) is 0 Å². The Morgan fingerprint density at radius 1 is 0.929 bits per heavy atom. The molecule has 2 aromatic heterocycles. The number of fused-ring (bicyclic) bond motifs is 1. The van der Waals surface area contributed by atoms with Crippen molar-refractivity contribution >= 4 is 28.4 Å². The molecule has 0 saturated heterocycles. The number of rotatable bonds is 15. The van der Waals surface area contributed by atoms with E-state index in [-0.39, 0.29) is 17.7 Å². The van der Waals surface area contributed by atoms with Crippen LogP contribution in [0.15, 0.2) is 104 Å². The molecule has 5 rings (SSSR count). The zero-order valence-corrected chi connectivity index (χ0v) is 23.7. The van der Waals surface area contributed by atoms with Crippen LogP contribution in [-0.4, -0.2) is 32.0 Å². The Bertz CT molecular complexity index is 1590. The number of nitrogens with two attached hydrogens (primary N) is 1. The van der Waals surface area contributed by atoms with Crippen LogP contribution in [0, 0.1) is 0 Å². The second-order valence-electron chi connectivity index (χ2n) is 10.6. The number of carbonyl (C=O) groups excluding carboxylic acids is 2. The van der Waals surface area contributed by atoms with Crippen molar-refractivity contribution < 1.29 is 14.3 Å². The number of hydrogen-bond donors (Lipinski definition) is 2. The summed E-state index contributed by atoms with van der Waals surface area (Å²) in [6.45, 7) is 1.88. The van der Waals surface area contributed by atoms with Crippen molar-refractivity contribution in [3.05, 3.63) is 120 Å². The van der Waals surface area contributed by atoms with Gasteiger partial charge >= 0.3 is 0 Å². The molecule has 2 heterocycles. The molecular weight excluding hydrogens is 526 g/mol. The number of nitrogens with one attached hydrogen (secondary N) is 1. The largest absolute Gasteiger partial charge is 0.372 e. The van der Waals surface area contributed by atoms with Crippen LogP contribution >= 0.6 is 0 Å². The minimum absolute atomic E-state index is 0.0285. The number of anilines is 1. The lowest BCUT2D eigenvalue weighted by molar-refractivity contribution is -0.116. The summed E-state index contributed by atoms with van der Waals surface area (Å²) < 4.78 is 10.4. The van der Waals surface area contributed by atoms with Gasteiger partial charge in [0.25, 0.3) is 5.91 Å². The number of carbonyl (C=O) groups is 2. The topological polar surface area (TPSA) is 104 Å². The number of nitrogens with zero attached hydrogens (tertiary/aromatic N) is 3. The lowest BCUT2D eigenvalue weighted by Crippen LogP contribution is -2.20. The van der Waals surface area contributed by atoms with E-state index in [2.05, 4.69) is 39.3 Å². The van der Waals surface area contributed by atoms with E-state index in [0.29, 0.717) is 19.6 Å². The highest BCUT2D eigenvalue weighted by Crippen LogP contribution is 2.22. The normalized spacial score (nSPS) is 11.9. The molecule has 8 heteroatoms. The lowest BCUT2D eigenvalue weighted by atomic mass is 10.1. The third-order valence-corrected chi connectivity index (χ3v) is 7.32. The molecule has 0 bridgehead atoms. The summed E-state index contributed by atoms with van der Waals surface area (Å²) in [7, 11) is 0. The molecule has 5 aromatic rings. The molecular formula is C34H37N5O3. The van der Waals surface area contributed by atoms with E-state index in [4.69, 9.17) is 10.5 Å². The Labute approximate surface area is 246 Å². The van der Waals surface area contributed by atoms with Crippen LogP contribution in [0.5, 0.6) is 0 Å². The fourth-order valence-electron chi connectivity index (χ4n) is 5.11. The van der Waals surface area contributed by atoms with E-state index < -0.39 is 5.91 Å². The molecule has 0 unspecified atom stereocenters. The number of benzene rings is 3. The predicted octanol–water partition coefficient (Wildman–Crippen LogP) is 5.96. The van der Waals surface area contributed by atoms with Gasteiger partial charge in [-0.1, -0.05) is 66.7 Å². The Morgan fingerprint density at radius 3 is 2.43 bits per heavy atom. The van der Waals surface area contributed by atoms with Gasteiger partial charge in [0.05, 0.1) is 24.6 Å². The molecule has 0 aliphatic carbocycles. The van der Waals surface area contributed by atoms with E-state index >= 15 is 0 Å². The number of imidazole rings is 1. The van der Waals surface area contributed by atoms with Crippen LogP contribution in [0.1, 0.15) is 47.3 Å². The molecule has 8 nitrogen and oxygen atoms in total. The molecule has 216 valence electrons. The zero-order chi connectivity index (χ0) is 29.1. The van der Waals surface area contributed by atoms with Crippen LogP contribution in [0.4, 0.5) is 5.69 Å². The van der Waals surface area contributed by atoms with Gasteiger partial charge in [-0.2, -0.15) is 0 Å². The van der Waals surface area contributed by atoms with Crippen LogP contribution in [0.25, 0.3) is 10.9 Å². The first-order valence-electron chi connectivity index (χ1n) is 14.4. The van der Waals surface area contributed by atoms with Crippen molar-refractivity contribution in [2.24, 2.45) is 5.73 Å². The smallest absolute Gasteiger partial charge is 0.268 e. The summed E-state index contributed by atoms with van der Waals surface area (Å²) in [4.78, 5) is 28.2. The highest BCUT2D eigenvalue weighted by molar-refractivity contribution is 5.93. The molecule has 0 saturated carbocycles. The molecule has 3 N–H and O–H groups in total. The minimum Gasteiger partial charge on any atom is -0.372 e. The Hall–Kier alpha value is -4.69. The zero-order valence-electron chi connectivity index (χ0n) is 23.7. The quantitative estimate of drug-likeness (QED) is 0.164. The standard InChI is InChI=1S/C34H37N5O3/c35-34(41)31-23-38(25-36-31)22-30(42-24-27-11-5-2-6-12-27)14-8-19-39-20-18-28-16-17-29(21-32(28)39)37-33(40)15-7-13-26-9-3-1-4-10-26/h1-6,9-12,16-18,20-21,23,25,30H,7-8,13-15,19,22,24H2,(H2,35,41)(H,37,40)/t30-/m0/s1. The highest BCUT2D eigenvalue weighted by atomic mass is 16.5. The summed E-state index contributed by atoms with van der Waals surface area (Å²) >= 11 is 0. The third kappa shape index (κ3) is 8.17. The van der Waals surface area contributed by atoms with Crippen LogP contribution in [0.3, 0.4) is 0 Å². The Balaban J connectivity index is 1.17. The van der Waals surface area contributed by atoms with E-state index in [9.17, 15) is 9.59 Å². The summed E-state index contributed by atoms with van der Waals surface area (Å²) in [5.74, 6) is -0.515. The number of primary amides is 1. The van der Waals surface area contributed by atoms with Crippen molar-refractivity contribution in [2.45, 2.75) is 57.9 Å². The summed E-state index contributed by atoms with van der Waals surface area (Å²) in [5.41, 5.74) is 9.87. The number of aromatic nitrogens is 3. The lowest BCUT2D eigenvalue weighted by Gasteiger charge is -2.19. The molecule has 0 fully saturated rings. The molecule has 0 aliphatic heterocycles. The number of hydrogen-bond acceptors (Lipinski definition) is 4. The fraction of sp³-hybridized carbons (Fsp3) is 0.265. The maximum Gasteiger partial charge on any atom is 0.268 e. The summed E-state index contributed by atoms with van der Waals surface area (Å²) in [5, 5.41) is 4.20. The second-order valence-corrected chi connectivity index (χ2v) is 10.6. The Kier molecular flexibility index (Phi) is 9.80. The van der Waals surface area contributed by atoms with Crippen LogP contribution in [-0.2, 0) is 35.6 Å². The van der Waals surface area contributed by atoms with Crippen LogP contribution < -0.4 is 11.1 Å². The monoisotopic (exact) mass is 563 g/mol. The number of amides is 2. The maximum atomic E-state index is 12.6. The first-order valence-corrected chi connectivity index (χ1v) is 14.4. The van der Waals surface area contributed by atoms with Gasteiger partial charge in [0.1, 0.15) is 5.69 Å². The minimum atomic E-state index is -0.544. The Morgan fingerprint density at radius 2 is 1.69 bits per heavy atom. The molecule has 0 spiro atoms. The maximum absolute atomic E-state index is 12.6. The van der Waals surface area contributed by atoms with Gasteiger partial charge in [0.2, 0.25) is 5.91 Å². The average Bonchev–Trinajstić information content (AvgIpc) is 3.64. The molecule has 0 aliphatic rings. The van der Waals surface area contributed by atoms with E-state index in [1.165, 1.54) is 5.56 Å². The summed E-state index contributed by atoms with van der Waals surface area (Å²) in [6, 6.07) is 28.5. The van der Waals surface area contributed by atoms with Gasteiger partial charge in [-0.25, -0.2) is 4.98 Å². The van der Waals surface area contributed by atoms with Gasteiger partial charge < -0.3 is 24.9 Å². The van der Waals surface area contributed by atoms with Crippen LogP contribution in [0.2, 0.25) is 0 Å². The third-order valence-electron chi connectivity index (χ3n) is 7.32. The van der Waals surface area contributed by atoms with E-state index in [1.54, 1.807) is 12.5 Å². The highest BCUT2D eigenvalue weighted by Gasteiger charge is 2.14. The number of aryl methyl sites for hydroxylation is 2. The summed E-state index contributed by atoms with van der Waals surface area (Å²) in [6.07, 6.45) is 9.18. The molecule has 1 atom stereocenters. The van der Waals surface area contributed by atoms with Crippen molar-refractivity contribution in [1.82, 2.24) is 14.1 Å². The average molecular weight is 564 g/mol. The first-order chi connectivity index (χ1) is 20.5.